The van der Waals surface area contributed by atoms with Gasteiger partial charge < -0.3 is 15.0 Å². The molecule has 8 nitrogen and oxygen atoms in total. The molecular weight excluding hydrogens is 498 g/mol. The van der Waals surface area contributed by atoms with E-state index < -0.39 is 0 Å². The van der Waals surface area contributed by atoms with Gasteiger partial charge in [0.1, 0.15) is 5.75 Å². The number of anilines is 2. The van der Waals surface area contributed by atoms with Gasteiger partial charge in [-0.2, -0.15) is 9.78 Å². The average Bonchev–Trinajstić information content (AvgIpc) is 3.34. The molecule has 196 valence electrons. The molecule has 8 heteroatoms. The van der Waals surface area contributed by atoms with Gasteiger partial charge in [-0.3, -0.25) is 0 Å². The summed E-state index contributed by atoms with van der Waals surface area (Å²) >= 11 is 0. The summed E-state index contributed by atoms with van der Waals surface area (Å²) in [7, 11) is 0. The van der Waals surface area contributed by atoms with E-state index in [1.54, 1.807) is 6.20 Å². The summed E-state index contributed by atoms with van der Waals surface area (Å²) in [5, 5.41) is 8.47. The Balaban J connectivity index is 1.44. The summed E-state index contributed by atoms with van der Waals surface area (Å²) in [6.07, 6.45) is 1.77. The van der Waals surface area contributed by atoms with Crippen molar-refractivity contribution in [2.75, 3.05) is 16.8 Å². The molecule has 5 aromatic rings. The standard InChI is InChI=1S/C32H27N7O/c1-3-40-24-18-16-23(17-19-24)34-30-32-36-31-28(21(2)37-39(31)27-15-9-10-20-33-27)29(22-11-5-4-6-12-22)38(32)26-14-8-7-13-25(26)35-30/h4-20,29H,3H2,1-2H3,(H,34,35)/t29-/m1/s1. The molecule has 7 rings (SSSR count). The van der Waals surface area contributed by atoms with Crippen LogP contribution in [0.5, 0.6) is 5.75 Å². The van der Waals surface area contributed by atoms with Crippen molar-refractivity contribution in [3.8, 4) is 11.6 Å². The number of para-hydroxylation sites is 2. The SMILES string of the molecule is CCOc1ccc(NC2=Nc3ccccc3N3C2=Nc2c(c(C)nn2-c2ccccn2)[C@H]3c2ccccc2)cc1. The van der Waals surface area contributed by atoms with Crippen molar-refractivity contribution in [2.24, 2.45) is 9.98 Å². The van der Waals surface area contributed by atoms with E-state index in [0.29, 0.717) is 24.1 Å². The summed E-state index contributed by atoms with van der Waals surface area (Å²) in [6.45, 7) is 4.64. The first-order valence-corrected chi connectivity index (χ1v) is 13.3. The summed E-state index contributed by atoms with van der Waals surface area (Å²) in [4.78, 5) is 17.1. The maximum absolute atomic E-state index is 5.64. The predicted octanol–water partition coefficient (Wildman–Crippen LogP) is 6.77. The van der Waals surface area contributed by atoms with Gasteiger partial charge in [-0.05, 0) is 67.9 Å². The molecule has 0 fully saturated rings. The van der Waals surface area contributed by atoms with Gasteiger partial charge in [-0.25, -0.2) is 15.0 Å². The molecular formula is C32H27N7O. The Morgan fingerprint density at radius 2 is 1.62 bits per heavy atom. The summed E-state index contributed by atoms with van der Waals surface area (Å²) < 4.78 is 7.47. The lowest BCUT2D eigenvalue weighted by Gasteiger charge is -2.40. The maximum Gasteiger partial charge on any atom is 0.179 e. The number of fused-ring (bicyclic) bond motifs is 4. The van der Waals surface area contributed by atoms with Crippen molar-refractivity contribution in [2.45, 2.75) is 19.9 Å². The van der Waals surface area contributed by atoms with Gasteiger partial charge in [0.05, 0.1) is 29.7 Å². The van der Waals surface area contributed by atoms with E-state index in [1.807, 2.05) is 85.3 Å². The molecule has 0 radical (unpaired) electrons. The van der Waals surface area contributed by atoms with Crippen LogP contribution >= 0.6 is 0 Å². The minimum atomic E-state index is -0.171. The fraction of sp³-hybridized carbons (Fsp3) is 0.125. The lowest BCUT2D eigenvalue weighted by Crippen LogP contribution is -2.46. The van der Waals surface area contributed by atoms with Crippen LogP contribution in [-0.4, -0.2) is 33.0 Å². The zero-order valence-electron chi connectivity index (χ0n) is 22.2. The quantitative estimate of drug-likeness (QED) is 0.274. The number of rotatable bonds is 5. The highest BCUT2D eigenvalue weighted by molar-refractivity contribution is 6.51. The normalized spacial score (nSPS) is 15.3. The van der Waals surface area contributed by atoms with Crippen molar-refractivity contribution < 1.29 is 4.74 Å². The van der Waals surface area contributed by atoms with Crippen LogP contribution in [0, 0.1) is 6.92 Å². The van der Waals surface area contributed by atoms with Gasteiger partial charge in [-0.1, -0.05) is 48.5 Å². The topological polar surface area (TPSA) is 79.9 Å². The number of aromatic nitrogens is 3. The molecule has 0 saturated carbocycles. The van der Waals surface area contributed by atoms with E-state index in [1.165, 1.54) is 0 Å². The molecule has 2 aliphatic heterocycles. The van der Waals surface area contributed by atoms with E-state index in [4.69, 9.17) is 19.8 Å². The molecule has 4 heterocycles. The molecule has 0 bridgehead atoms. The van der Waals surface area contributed by atoms with E-state index in [2.05, 4.69) is 45.5 Å². The van der Waals surface area contributed by atoms with Gasteiger partial charge in [0.15, 0.2) is 23.3 Å². The number of nitrogens with zero attached hydrogens (tertiary/aromatic N) is 6. The Morgan fingerprint density at radius 3 is 2.40 bits per heavy atom. The van der Waals surface area contributed by atoms with Crippen molar-refractivity contribution in [1.29, 1.82) is 0 Å². The molecule has 1 atom stereocenters. The molecule has 2 aliphatic rings. The van der Waals surface area contributed by atoms with E-state index in [-0.39, 0.29) is 6.04 Å². The average molecular weight is 526 g/mol. The van der Waals surface area contributed by atoms with Gasteiger partial charge in [0.25, 0.3) is 0 Å². The molecule has 0 aliphatic carbocycles. The molecule has 0 saturated heterocycles. The molecule has 0 amide bonds. The zero-order valence-corrected chi connectivity index (χ0v) is 22.2. The second-order valence-corrected chi connectivity index (χ2v) is 9.57. The van der Waals surface area contributed by atoms with Crippen LogP contribution in [0.4, 0.5) is 22.9 Å². The van der Waals surface area contributed by atoms with Gasteiger partial charge in [0, 0.05) is 17.4 Å². The second kappa shape index (κ2) is 9.81. The van der Waals surface area contributed by atoms with Crippen molar-refractivity contribution >= 4 is 34.6 Å². The number of nitrogens with one attached hydrogen (secondary N) is 1. The Bertz CT molecular complexity index is 1740. The number of hydrogen-bond acceptors (Lipinski definition) is 7. The van der Waals surface area contributed by atoms with Crippen LogP contribution in [0.1, 0.15) is 29.8 Å². The Morgan fingerprint density at radius 1 is 0.850 bits per heavy atom. The largest absolute Gasteiger partial charge is 0.494 e. The van der Waals surface area contributed by atoms with E-state index in [9.17, 15) is 0 Å². The fourth-order valence-electron chi connectivity index (χ4n) is 5.33. The van der Waals surface area contributed by atoms with Crippen LogP contribution in [-0.2, 0) is 0 Å². The number of ether oxygens (including phenoxy) is 1. The summed E-state index contributed by atoms with van der Waals surface area (Å²) in [6, 6.07) is 32.2. The first-order chi connectivity index (χ1) is 19.7. The van der Waals surface area contributed by atoms with Gasteiger partial charge in [-0.15, -0.1) is 0 Å². The van der Waals surface area contributed by atoms with E-state index >= 15 is 0 Å². The van der Waals surface area contributed by atoms with Crippen LogP contribution in [0.15, 0.2) is 113 Å². The third-order valence-electron chi connectivity index (χ3n) is 7.05. The summed E-state index contributed by atoms with van der Waals surface area (Å²) in [5.41, 5.74) is 5.82. The highest BCUT2D eigenvalue weighted by Gasteiger charge is 2.41. The van der Waals surface area contributed by atoms with Crippen molar-refractivity contribution in [3.05, 3.63) is 120 Å². The monoisotopic (exact) mass is 525 g/mol. The number of hydrogen-bond donors (Lipinski definition) is 1. The molecule has 2 aromatic heterocycles. The highest BCUT2D eigenvalue weighted by atomic mass is 16.5. The number of aryl methyl sites for hydroxylation is 1. The second-order valence-electron chi connectivity index (χ2n) is 9.57. The summed E-state index contributed by atoms with van der Waals surface area (Å²) in [5.74, 6) is 3.65. The number of amidine groups is 2. The first kappa shape index (κ1) is 23.8. The van der Waals surface area contributed by atoms with Gasteiger partial charge >= 0.3 is 0 Å². The molecule has 40 heavy (non-hydrogen) atoms. The number of pyridine rings is 1. The Kier molecular flexibility index (Phi) is 5.85. The van der Waals surface area contributed by atoms with Crippen LogP contribution in [0.2, 0.25) is 0 Å². The maximum atomic E-state index is 5.64. The van der Waals surface area contributed by atoms with Crippen molar-refractivity contribution in [3.63, 3.8) is 0 Å². The van der Waals surface area contributed by atoms with Crippen LogP contribution < -0.4 is 15.0 Å². The van der Waals surface area contributed by atoms with Crippen LogP contribution in [0.25, 0.3) is 5.82 Å². The third-order valence-corrected chi connectivity index (χ3v) is 7.05. The molecule has 3 aromatic carbocycles. The lowest BCUT2D eigenvalue weighted by atomic mass is 9.93. The minimum Gasteiger partial charge on any atom is -0.494 e. The number of aliphatic imine (C=N–C) groups is 2. The zero-order chi connectivity index (χ0) is 27.1. The number of benzene rings is 3. The smallest absolute Gasteiger partial charge is 0.179 e. The highest BCUT2D eigenvalue weighted by Crippen LogP contribution is 2.48. The molecule has 1 N–H and O–H groups in total. The minimum absolute atomic E-state index is 0.171. The predicted molar refractivity (Wildman–Crippen MR) is 159 cm³/mol. The van der Waals surface area contributed by atoms with Gasteiger partial charge in [0.2, 0.25) is 0 Å². The Labute approximate surface area is 232 Å². The first-order valence-electron chi connectivity index (χ1n) is 13.3. The van der Waals surface area contributed by atoms with E-state index in [0.717, 1.165) is 45.5 Å². The lowest BCUT2D eigenvalue weighted by molar-refractivity contribution is 0.340. The van der Waals surface area contributed by atoms with Crippen LogP contribution in [0.3, 0.4) is 0 Å². The van der Waals surface area contributed by atoms with Crippen molar-refractivity contribution in [1.82, 2.24) is 14.8 Å². The Hall–Kier alpha value is -5.24. The fourth-order valence-corrected chi connectivity index (χ4v) is 5.33. The molecule has 0 spiro atoms. The molecule has 0 unspecified atom stereocenters. The third kappa shape index (κ3) is 4.01.